The van der Waals surface area contributed by atoms with Gasteiger partial charge in [0.25, 0.3) is 0 Å². The first-order valence-electron chi connectivity index (χ1n) is 11.6. The second-order valence-electron chi connectivity index (χ2n) is 8.57. The number of rotatable bonds is 11. The summed E-state index contributed by atoms with van der Waals surface area (Å²) in [4.78, 5) is 29.7. The highest BCUT2D eigenvalue weighted by Crippen LogP contribution is 2.23. The van der Waals surface area contributed by atoms with Crippen molar-refractivity contribution in [3.8, 4) is 0 Å². The first kappa shape index (κ1) is 27.1. The zero-order chi connectivity index (χ0) is 25.2. The summed E-state index contributed by atoms with van der Waals surface area (Å²) in [6.07, 6.45) is 0.726. The van der Waals surface area contributed by atoms with Crippen molar-refractivity contribution in [3.63, 3.8) is 0 Å². The maximum Gasteiger partial charge on any atom is 0.243 e. The molecule has 0 saturated heterocycles. The van der Waals surface area contributed by atoms with Gasteiger partial charge in [-0.2, -0.15) is 0 Å². The van der Waals surface area contributed by atoms with Crippen molar-refractivity contribution in [3.05, 3.63) is 100 Å². The first-order chi connectivity index (χ1) is 16.8. The lowest BCUT2D eigenvalue weighted by atomic mass is 10.0. The summed E-state index contributed by atoms with van der Waals surface area (Å²) in [5.74, 6) is 0.354. The van der Waals surface area contributed by atoms with Gasteiger partial charge in [-0.3, -0.25) is 9.59 Å². The van der Waals surface area contributed by atoms with E-state index in [-0.39, 0.29) is 17.9 Å². The van der Waals surface area contributed by atoms with E-state index < -0.39 is 6.04 Å². The lowest BCUT2D eigenvalue weighted by Crippen LogP contribution is -2.51. The van der Waals surface area contributed by atoms with Gasteiger partial charge in [-0.1, -0.05) is 65.7 Å². The number of hydrogen-bond donors (Lipinski definition) is 1. The van der Waals surface area contributed by atoms with E-state index in [2.05, 4.69) is 5.32 Å². The van der Waals surface area contributed by atoms with Crippen molar-refractivity contribution in [2.75, 3.05) is 5.75 Å². The summed E-state index contributed by atoms with van der Waals surface area (Å²) in [6.45, 7) is 4.14. The van der Waals surface area contributed by atoms with Crippen molar-refractivity contribution >= 4 is 46.8 Å². The van der Waals surface area contributed by atoms with Gasteiger partial charge in [0, 0.05) is 46.1 Å². The number of thioether (sulfide) groups is 1. The summed E-state index contributed by atoms with van der Waals surface area (Å²) < 4.78 is 0. The van der Waals surface area contributed by atoms with Gasteiger partial charge in [0.15, 0.2) is 0 Å². The number of nitrogens with one attached hydrogen (secondary N) is 1. The maximum atomic E-state index is 13.6. The van der Waals surface area contributed by atoms with Crippen LogP contribution in [0.25, 0.3) is 0 Å². The van der Waals surface area contributed by atoms with Crippen molar-refractivity contribution < 1.29 is 9.59 Å². The van der Waals surface area contributed by atoms with Gasteiger partial charge in [0.2, 0.25) is 11.8 Å². The van der Waals surface area contributed by atoms with E-state index in [9.17, 15) is 9.59 Å². The Hall–Kier alpha value is -2.47. The summed E-state index contributed by atoms with van der Waals surface area (Å²) in [5.41, 5.74) is 1.88. The lowest BCUT2D eigenvalue weighted by Gasteiger charge is -2.32. The van der Waals surface area contributed by atoms with Crippen molar-refractivity contribution in [1.29, 1.82) is 0 Å². The minimum absolute atomic E-state index is 0.0376. The maximum absolute atomic E-state index is 13.6. The molecule has 184 valence electrons. The van der Waals surface area contributed by atoms with E-state index in [1.165, 1.54) is 0 Å². The second-order valence-corrected chi connectivity index (χ2v) is 10.6. The smallest absolute Gasteiger partial charge is 0.243 e. The van der Waals surface area contributed by atoms with Crippen molar-refractivity contribution in [1.82, 2.24) is 10.2 Å². The topological polar surface area (TPSA) is 49.4 Å². The Labute approximate surface area is 222 Å². The Morgan fingerprint density at radius 2 is 1.57 bits per heavy atom. The third-order valence-electron chi connectivity index (χ3n) is 5.34. The molecular weight excluding hydrogens is 499 g/mol. The van der Waals surface area contributed by atoms with Crippen LogP contribution < -0.4 is 5.32 Å². The number of hydrogen-bond acceptors (Lipinski definition) is 3. The van der Waals surface area contributed by atoms with Crippen LogP contribution in [0.4, 0.5) is 0 Å². The molecule has 4 nitrogen and oxygen atoms in total. The lowest BCUT2D eigenvalue weighted by molar-refractivity contribution is -0.141. The number of carbonyl (C=O) groups excluding carboxylic acids is 2. The van der Waals surface area contributed by atoms with Gasteiger partial charge in [-0.05, 0) is 61.4 Å². The Morgan fingerprint density at radius 1 is 0.886 bits per heavy atom. The molecule has 0 spiro atoms. The summed E-state index contributed by atoms with van der Waals surface area (Å²) >= 11 is 13.8. The molecule has 0 aliphatic rings. The fraction of sp³-hybridized carbons (Fsp3) is 0.286. The third kappa shape index (κ3) is 8.92. The SMILES string of the molecule is CC(C)NC(=O)[C@@H](Cc1ccccc1)N(Cc1cccc(Cl)c1)C(=O)CCSc1ccc(Cl)cc1. The zero-order valence-electron chi connectivity index (χ0n) is 19.9. The molecule has 0 aliphatic carbocycles. The Kier molecular flexibility index (Phi) is 10.5. The molecule has 3 rings (SSSR count). The second kappa shape index (κ2) is 13.6. The standard InChI is InChI=1S/C28H30Cl2N2O2S/c1-20(2)31-28(34)26(18-21-7-4-3-5-8-21)32(19-22-9-6-10-24(30)17-22)27(33)15-16-35-25-13-11-23(29)12-14-25/h3-14,17,20,26H,15-16,18-19H2,1-2H3,(H,31,34)/t26-/m1/s1. The molecule has 0 unspecified atom stereocenters. The highest BCUT2D eigenvalue weighted by Gasteiger charge is 2.30. The minimum Gasteiger partial charge on any atom is -0.352 e. The minimum atomic E-state index is -0.646. The zero-order valence-corrected chi connectivity index (χ0v) is 22.2. The average Bonchev–Trinajstić information content (AvgIpc) is 2.82. The number of amides is 2. The molecule has 35 heavy (non-hydrogen) atoms. The quantitative estimate of drug-likeness (QED) is 0.283. The molecule has 1 N–H and O–H groups in total. The Bertz CT molecular complexity index is 1110. The molecular formula is C28H30Cl2N2O2S. The Morgan fingerprint density at radius 3 is 2.23 bits per heavy atom. The third-order valence-corrected chi connectivity index (χ3v) is 6.84. The molecule has 3 aromatic rings. The molecule has 0 aliphatic heterocycles. The van der Waals surface area contributed by atoms with Gasteiger partial charge < -0.3 is 10.2 Å². The van der Waals surface area contributed by atoms with E-state index in [0.717, 1.165) is 16.0 Å². The number of carbonyl (C=O) groups is 2. The normalized spacial score (nSPS) is 11.8. The Balaban J connectivity index is 1.84. The van der Waals surface area contributed by atoms with Crippen LogP contribution in [-0.2, 0) is 22.6 Å². The van der Waals surface area contributed by atoms with E-state index in [0.29, 0.717) is 35.2 Å². The fourth-order valence-electron chi connectivity index (χ4n) is 3.70. The largest absolute Gasteiger partial charge is 0.352 e. The molecule has 3 aromatic carbocycles. The molecule has 2 amide bonds. The molecule has 1 atom stereocenters. The predicted octanol–water partition coefficient (Wildman–Crippen LogP) is 6.64. The van der Waals surface area contributed by atoms with Gasteiger partial charge >= 0.3 is 0 Å². The number of nitrogens with zero attached hydrogens (tertiary/aromatic N) is 1. The van der Waals surface area contributed by atoms with E-state index in [1.54, 1.807) is 22.7 Å². The van der Waals surface area contributed by atoms with Crippen LogP contribution in [0, 0.1) is 0 Å². The summed E-state index contributed by atoms with van der Waals surface area (Å²) in [6, 6.07) is 24.1. The van der Waals surface area contributed by atoms with Gasteiger partial charge in [-0.15, -0.1) is 11.8 Å². The molecule has 0 radical (unpaired) electrons. The van der Waals surface area contributed by atoms with Crippen LogP contribution >= 0.6 is 35.0 Å². The molecule has 7 heteroatoms. The van der Waals surface area contributed by atoms with E-state index >= 15 is 0 Å². The van der Waals surface area contributed by atoms with Crippen LogP contribution in [0.2, 0.25) is 10.0 Å². The number of benzene rings is 3. The van der Waals surface area contributed by atoms with Crippen LogP contribution in [0.15, 0.2) is 83.8 Å². The van der Waals surface area contributed by atoms with Gasteiger partial charge in [-0.25, -0.2) is 0 Å². The molecule has 0 aromatic heterocycles. The highest BCUT2D eigenvalue weighted by atomic mass is 35.5. The highest BCUT2D eigenvalue weighted by molar-refractivity contribution is 7.99. The van der Waals surface area contributed by atoms with Crippen LogP contribution in [0.5, 0.6) is 0 Å². The molecule has 0 bridgehead atoms. The summed E-state index contributed by atoms with van der Waals surface area (Å²) in [7, 11) is 0. The first-order valence-corrected chi connectivity index (χ1v) is 13.3. The average molecular weight is 530 g/mol. The van der Waals surface area contributed by atoms with Crippen LogP contribution in [-0.4, -0.2) is 34.6 Å². The van der Waals surface area contributed by atoms with Crippen LogP contribution in [0.1, 0.15) is 31.4 Å². The van der Waals surface area contributed by atoms with Crippen LogP contribution in [0.3, 0.4) is 0 Å². The van der Waals surface area contributed by atoms with Crippen molar-refractivity contribution in [2.45, 2.75) is 50.2 Å². The number of halogens is 2. The molecule has 0 saturated carbocycles. The van der Waals surface area contributed by atoms with Gasteiger partial charge in [0.1, 0.15) is 6.04 Å². The van der Waals surface area contributed by atoms with Gasteiger partial charge in [0.05, 0.1) is 0 Å². The van der Waals surface area contributed by atoms with E-state index in [4.69, 9.17) is 23.2 Å². The van der Waals surface area contributed by atoms with Crippen molar-refractivity contribution in [2.24, 2.45) is 0 Å². The monoisotopic (exact) mass is 528 g/mol. The molecule has 0 fully saturated rings. The predicted molar refractivity (Wildman–Crippen MR) is 146 cm³/mol. The van der Waals surface area contributed by atoms with E-state index in [1.807, 2.05) is 86.6 Å². The summed E-state index contributed by atoms with van der Waals surface area (Å²) in [5, 5.41) is 4.28. The molecule has 0 heterocycles. The fourth-order valence-corrected chi connectivity index (χ4v) is 4.88.